The molecule has 0 aromatic heterocycles. The zero-order valence-corrected chi connectivity index (χ0v) is 10.7. The molecule has 0 saturated carbocycles. The minimum Gasteiger partial charge on any atom is -0.356 e. The Kier molecular flexibility index (Phi) is 8.19. The fourth-order valence-corrected chi connectivity index (χ4v) is 1.93. The van der Waals surface area contributed by atoms with Crippen LogP contribution in [-0.4, -0.2) is 39.4 Å². The maximum atomic E-state index is 11.2. The topological polar surface area (TPSA) is 89.3 Å². The Morgan fingerprint density at radius 1 is 1.19 bits per heavy atom. The van der Waals surface area contributed by atoms with Gasteiger partial charge in [0.1, 0.15) is 9.84 Å². The highest BCUT2D eigenvalue weighted by Gasteiger charge is 2.03. The highest BCUT2D eigenvalue weighted by Crippen LogP contribution is 1.98. The van der Waals surface area contributed by atoms with Crippen molar-refractivity contribution in [3.8, 4) is 0 Å². The Bertz CT molecular complexity index is 288. The predicted octanol–water partition coefficient (Wildman–Crippen LogP) is 0.0564. The van der Waals surface area contributed by atoms with Gasteiger partial charge in [-0.3, -0.25) is 4.79 Å². The summed E-state index contributed by atoms with van der Waals surface area (Å²) in [6.07, 6.45) is 4.93. The summed E-state index contributed by atoms with van der Waals surface area (Å²) in [7, 11) is -2.91. The van der Waals surface area contributed by atoms with Gasteiger partial charge in [-0.25, -0.2) is 8.42 Å². The second-order valence-electron chi connectivity index (χ2n) is 3.93. The Labute approximate surface area is 97.7 Å². The van der Waals surface area contributed by atoms with Crippen molar-refractivity contribution in [2.45, 2.75) is 32.1 Å². The quantitative estimate of drug-likeness (QED) is 0.566. The van der Waals surface area contributed by atoms with Crippen LogP contribution < -0.4 is 11.1 Å². The first-order valence-corrected chi connectivity index (χ1v) is 7.66. The Morgan fingerprint density at radius 2 is 1.88 bits per heavy atom. The molecule has 96 valence electrons. The van der Waals surface area contributed by atoms with E-state index in [1.807, 2.05) is 0 Å². The molecule has 0 aromatic carbocycles. The molecule has 0 rings (SSSR count). The van der Waals surface area contributed by atoms with Gasteiger partial charge >= 0.3 is 0 Å². The highest BCUT2D eigenvalue weighted by atomic mass is 32.2. The van der Waals surface area contributed by atoms with E-state index in [1.165, 1.54) is 6.26 Å². The van der Waals surface area contributed by atoms with Crippen molar-refractivity contribution >= 4 is 15.7 Å². The number of carbonyl (C=O) groups excluding carboxylic acids is 1. The van der Waals surface area contributed by atoms with Crippen molar-refractivity contribution in [2.24, 2.45) is 5.73 Å². The van der Waals surface area contributed by atoms with Crippen LogP contribution in [0.4, 0.5) is 0 Å². The third-order valence-corrected chi connectivity index (χ3v) is 3.15. The van der Waals surface area contributed by atoms with Gasteiger partial charge in [-0.05, 0) is 25.8 Å². The summed E-state index contributed by atoms with van der Waals surface area (Å²) in [5.74, 6) is 0.117. The van der Waals surface area contributed by atoms with Crippen LogP contribution in [0.5, 0.6) is 0 Å². The SMILES string of the molecule is CS(=O)(=O)CCCNC(=O)CCCCCN. The van der Waals surface area contributed by atoms with Crippen molar-refractivity contribution in [1.29, 1.82) is 0 Å². The van der Waals surface area contributed by atoms with Gasteiger partial charge in [0.2, 0.25) is 5.91 Å². The number of carbonyl (C=O) groups is 1. The van der Waals surface area contributed by atoms with Crippen LogP contribution in [0.3, 0.4) is 0 Å². The second-order valence-corrected chi connectivity index (χ2v) is 6.19. The minimum absolute atomic E-state index is 0.00878. The zero-order valence-electron chi connectivity index (χ0n) is 9.87. The number of rotatable bonds is 9. The molecule has 0 aliphatic heterocycles. The molecule has 0 aromatic rings. The lowest BCUT2D eigenvalue weighted by atomic mass is 10.2. The zero-order chi connectivity index (χ0) is 12.4. The molecule has 0 radical (unpaired) electrons. The fraction of sp³-hybridized carbons (Fsp3) is 0.900. The second kappa shape index (κ2) is 8.52. The molecule has 0 spiro atoms. The molecule has 0 fully saturated rings. The summed E-state index contributed by atoms with van der Waals surface area (Å²) < 4.78 is 21.6. The number of nitrogens with one attached hydrogen (secondary N) is 1. The fourth-order valence-electron chi connectivity index (χ4n) is 1.26. The monoisotopic (exact) mass is 250 g/mol. The normalized spacial score (nSPS) is 11.4. The summed E-state index contributed by atoms with van der Waals surface area (Å²) in [4.78, 5) is 11.2. The largest absolute Gasteiger partial charge is 0.356 e. The molecule has 0 aliphatic carbocycles. The number of sulfone groups is 1. The van der Waals surface area contributed by atoms with Crippen LogP contribution in [0.2, 0.25) is 0 Å². The van der Waals surface area contributed by atoms with Gasteiger partial charge in [0.25, 0.3) is 0 Å². The first-order chi connectivity index (χ1) is 7.45. The highest BCUT2D eigenvalue weighted by molar-refractivity contribution is 7.90. The maximum Gasteiger partial charge on any atom is 0.219 e. The predicted molar refractivity (Wildman–Crippen MR) is 64.9 cm³/mol. The standard InChI is InChI=1S/C10H22N2O3S/c1-16(14,15)9-5-8-12-10(13)6-3-2-4-7-11/h2-9,11H2,1H3,(H,12,13). The van der Waals surface area contributed by atoms with Gasteiger partial charge < -0.3 is 11.1 Å². The number of nitrogens with two attached hydrogens (primary N) is 1. The molecule has 6 heteroatoms. The molecule has 16 heavy (non-hydrogen) atoms. The van der Waals surface area contributed by atoms with Crippen LogP contribution >= 0.6 is 0 Å². The van der Waals surface area contributed by atoms with Gasteiger partial charge in [0, 0.05) is 19.2 Å². The lowest BCUT2D eigenvalue weighted by Gasteiger charge is -2.04. The Hall–Kier alpha value is -0.620. The lowest BCUT2D eigenvalue weighted by Crippen LogP contribution is -2.25. The van der Waals surface area contributed by atoms with Crippen LogP contribution in [-0.2, 0) is 14.6 Å². The lowest BCUT2D eigenvalue weighted by molar-refractivity contribution is -0.121. The molecule has 3 N–H and O–H groups in total. The minimum atomic E-state index is -2.91. The molecule has 0 saturated heterocycles. The average Bonchev–Trinajstić information content (AvgIpc) is 2.18. The van der Waals surface area contributed by atoms with Gasteiger partial charge in [0.05, 0.1) is 5.75 Å². The number of amides is 1. The van der Waals surface area contributed by atoms with Crippen LogP contribution in [0.15, 0.2) is 0 Å². The summed E-state index contributed by atoms with van der Waals surface area (Å²) in [6, 6.07) is 0. The van der Waals surface area contributed by atoms with Gasteiger partial charge in [0.15, 0.2) is 0 Å². The molecular formula is C10H22N2O3S. The maximum absolute atomic E-state index is 11.2. The molecule has 5 nitrogen and oxygen atoms in total. The molecule has 0 heterocycles. The van der Waals surface area contributed by atoms with E-state index in [2.05, 4.69) is 5.32 Å². The first-order valence-electron chi connectivity index (χ1n) is 5.60. The summed E-state index contributed by atoms with van der Waals surface area (Å²) in [5.41, 5.74) is 5.33. The Morgan fingerprint density at radius 3 is 2.44 bits per heavy atom. The van der Waals surface area contributed by atoms with Crippen LogP contribution in [0.25, 0.3) is 0 Å². The Balaban J connectivity index is 3.37. The third kappa shape index (κ3) is 11.5. The van der Waals surface area contributed by atoms with E-state index in [0.717, 1.165) is 19.3 Å². The van der Waals surface area contributed by atoms with Crippen LogP contribution in [0, 0.1) is 0 Å². The first kappa shape index (κ1) is 15.4. The van der Waals surface area contributed by atoms with Crippen molar-refractivity contribution in [1.82, 2.24) is 5.32 Å². The third-order valence-electron chi connectivity index (χ3n) is 2.12. The molecule has 0 unspecified atom stereocenters. The van der Waals surface area contributed by atoms with Crippen LogP contribution in [0.1, 0.15) is 32.1 Å². The van der Waals surface area contributed by atoms with Crippen molar-refractivity contribution < 1.29 is 13.2 Å². The number of hydrogen-bond acceptors (Lipinski definition) is 4. The van der Waals surface area contributed by atoms with Gasteiger partial charge in [-0.15, -0.1) is 0 Å². The van der Waals surface area contributed by atoms with Gasteiger partial charge in [-0.2, -0.15) is 0 Å². The van der Waals surface area contributed by atoms with Crippen molar-refractivity contribution in [2.75, 3.05) is 25.1 Å². The van der Waals surface area contributed by atoms with Crippen molar-refractivity contribution in [3.05, 3.63) is 0 Å². The smallest absolute Gasteiger partial charge is 0.219 e. The number of hydrogen-bond donors (Lipinski definition) is 2. The summed E-state index contributed by atoms with van der Waals surface area (Å²) >= 11 is 0. The van der Waals surface area contributed by atoms with E-state index in [0.29, 0.717) is 25.9 Å². The van der Waals surface area contributed by atoms with E-state index >= 15 is 0 Å². The molecule has 1 amide bonds. The average molecular weight is 250 g/mol. The van der Waals surface area contributed by atoms with E-state index in [1.54, 1.807) is 0 Å². The molecule has 0 bridgehead atoms. The van der Waals surface area contributed by atoms with Crippen molar-refractivity contribution in [3.63, 3.8) is 0 Å². The summed E-state index contributed by atoms with van der Waals surface area (Å²) in [5, 5.41) is 2.70. The van der Waals surface area contributed by atoms with E-state index in [-0.39, 0.29) is 11.7 Å². The molecular weight excluding hydrogens is 228 g/mol. The molecule has 0 atom stereocenters. The van der Waals surface area contributed by atoms with E-state index in [4.69, 9.17) is 5.73 Å². The van der Waals surface area contributed by atoms with Gasteiger partial charge in [-0.1, -0.05) is 6.42 Å². The van der Waals surface area contributed by atoms with E-state index in [9.17, 15) is 13.2 Å². The van der Waals surface area contributed by atoms with E-state index < -0.39 is 9.84 Å². The number of unbranched alkanes of at least 4 members (excludes halogenated alkanes) is 2. The summed E-state index contributed by atoms with van der Waals surface area (Å²) in [6.45, 7) is 1.10. The molecule has 0 aliphatic rings.